The number of rotatable bonds is 5. The summed E-state index contributed by atoms with van der Waals surface area (Å²) in [5.41, 5.74) is 4.23. The number of thioether (sulfide) groups is 1. The largest absolute Gasteiger partial charge is 0.425 e. The third-order valence-electron chi connectivity index (χ3n) is 6.71. The smallest absolute Gasteiger partial charge is 0.330 e. The molecule has 1 atom stereocenters. The molecule has 184 valence electrons. The fourth-order valence-electron chi connectivity index (χ4n) is 5.15. The van der Waals surface area contributed by atoms with Crippen molar-refractivity contribution in [2.75, 3.05) is 23.0 Å². The van der Waals surface area contributed by atoms with E-state index in [1.165, 1.54) is 0 Å². The molecule has 1 N–H and O–H groups in total. The van der Waals surface area contributed by atoms with Gasteiger partial charge in [0.25, 0.3) is 0 Å². The third kappa shape index (κ3) is 4.91. The van der Waals surface area contributed by atoms with Crippen LogP contribution in [0.15, 0.2) is 95.0 Å². The second kappa shape index (κ2) is 9.86. The van der Waals surface area contributed by atoms with Gasteiger partial charge in [0, 0.05) is 22.6 Å². The van der Waals surface area contributed by atoms with Gasteiger partial charge in [0.2, 0.25) is 0 Å². The van der Waals surface area contributed by atoms with Crippen molar-refractivity contribution in [1.82, 2.24) is 0 Å². The summed E-state index contributed by atoms with van der Waals surface area (Å²) in [5.74, 6) is 0.233. The Hall–Kier alpha value is -3.51. The van der Waals surface area contributed by atoms with Crippen LogP contribution in [0.4, 0.5) is 11.4 Å². The Morgan fingerprint density at radius 1 is 1.00 bits per heavy atom. The van der Waals surface area contributed by atoms with Crippen molar-refractivity contribution in [2.45, 2.75) is 37.6 Å². The zero-order valence-corrected chi connectivity index (χ0v) is 21.6. The van der Waals surface area contributed by atoms with E-state index in [-0.39, 0.29) is 23.7 Å². The van der Waals surface area contributed by atoms with Crippen LogP contribution >= 0.6 is 11.8 Å². The standard InChI is InChI=1S/C30H30N2O3S/c1-30(2)17-24-28(26(33)18-30)29(20-13-15-22(36-3)16-14-20)32(25-12-8-7-11-23(25)31-24)19-27(34)35-21-9-5-4-6-10-21/h4-16,29,31H,17-19H2,1-3H3/t29-/m0/s1. The molecule has 5 nitrogen and oxygen atoms in total. The number of carbonyl (C=O) groups excluding carboxylic acids is 2. The van der Waals surface area contributed by atoms with Gasteiger partial charge in [-0.25, -0.2) is 4.79 Å². The summed E-state index contributed by atoms with van der Waals surface area (Å²) in [6, 6.07) is 24.9. The minimum atomic E-state index is -0.418. The van der Waals surface area contributed by atoms with Crippen molar-refractivity contribution >= 4 is 34.9 Å². The Balaban J connectivity index is 1.64. The van der Waals surface area contributed by atoms with Crippen molar-refractivity contribution in [3.8, 4) is 5.75 Å². The Morgan fingerprint density at radius 3 is 2.42 bits per heavy atom. The highest BCUT2D eigenvalue weighted by Gasteiger charge is 2.42. The molecular formula is C30H30N2O3S. The van der Waals surface area contributed by atoms with Crippen LogP contribution in [0.3, 0.4) is 0 Å². The molecule has 1 aliphatic heterocycles. The summed E-state index contributed by atoms with van der Waals surface area (Å²) in [4.78, 5) is 30.1. The van der Waals surface area contributed by atoms with E-state index < -0.39 is 6.04 Å². The lowest BCUT2D eigenvalue weighted by atomic mass is 9.73. The minimum Gasteiger partial charge on any atom is -0.425 e. The molecule has 0 amide bonds. The van der Waals surface area contributed by atoms with E-state index in [0.717, 1.165) is 39.5 Å². The number of anilines is 2. The number of para-hydroxylation sites is 3. The van der Waals surface area contributed by atoms with Gasteiger partial charge < -0.3 is 15.0 Å². The summed E-state index contributed by atoms with van der Waals surface area (Å²) in [6.45, 7) is 4.25. The number of allylic oxidation sites excluding steroid dienone is 1. The zero-order chi connectivity index (χ0) is 25.3. The van der Waals surface area contributed by atoms with Crippen LogP contribution in [0.2, 0.25) is 0 Å². The molecule has 5 rings (SSSR count). The fourth-order valence-corrected chi connectivity index (χ4v) is 5.56. The van der Waals surface area contributed by atoms with Gasteiger partial charge in [0.1, 0.15) is 12.3 Å². The number of ether oxygens (including phenoxy) is 1. The SMILES string of the molecule is CSc1ccc([C@H]2C3=C(CC(C)(C)CC3=O)Nc3ccccc3N2CC(=O)Oc2ccccc2)cc1. The first-order valence-corrected chi connectivity index (χ1v) is 13.4. The lowest BCUT2D eigenvalue weighted by Gasteiger charge is -2.37. The first-order chi connectivity index (χ1) is 17.3. The van der Waals surface area contributed by atoms with Crippen molar-refractivity contribution in [2.24, 2.45) is 5.41 Å². The highest BCUT2D eigenvalue weighted by molar-refractivity contribution is 7.98. The quantitative estimate of drug-likeness (QED) is 0.242. The molecule has 0 fully saturated rings. The van der Waals surface area contributed by atoms with Crippen LogP contribution in [-0.2, 0) is 9.59 Å². The average Bonchev–Trinajstić information content (AvgIpc) is 2.98. The molecule has 0 radical (unpaired) electrons. The second-order valence-corrected chi connectivity index (χ2v) is 10.9. The first kappa shape index (κ1) is 24.2. The van der Waals surface area contributed by atoms with Gasteiger partial charge in [-0.3, -0.25) is 4.79 Å². The molecule has 6 heteroatoms. The van der Waals surface area contributed by atoms with E-state index >= 15 is 0 Å². The summed E-state index contributed by atoms with van der Waals surface area (Å²) in [7, 11) is 0. The molecule has 0 bridgehead atoms. The molecule has 3 aromatic carbocycles. The predicted octanol–water partition coefficient (Wildman–Crippen LogP) is 6.63. The number of esters is 1. The lowest BCUT2D eigenvalue weighted by molar-refractivity contribution is -0.133. The second-order valence-electron chi connectivity index (χ2n) is 10.1. The van der Waals surface area contributed by atoms with Gasteiger partial charge in [0.05, 0.1) is 17.4 Å². The fraction of sp³-hybridized carbons (Fsp3) is 0.267. The molecule has 3 aromatic rings. The topological polar surface area (TPSA) is 58.6 Å². The summed E-state index contributed by atoms with van der Waals surface area (Å²) in [5, 5.41) is 3.58. The maximum absolute atomic E-state index is 13.7. The van der Waals surface area contributed by atoms with Gasteiger partial charge in [-0.2, -0.15) is 0 Å². The van der Waals surface area contributed by atoms with Crippen molar-refractivity contribution in [3.63, 3.8) is 0 Å². The monoisotopic (exact) mass is 498 g/mol. The molecule has 1 heterocycles. The molecule has 0 saturated heterocycles. The number of nitrogens with zero attached hydrogens (tertiary/aromatic N) is 1. The highest BCUT2D eigenvalue weighted by Crippen LogP contribution is 2.48. The molecule has 1 aliphatic carbocycles. The average molecular weight is 499 g/mol. The van der Waals surface area contributed by atoms with Gasteiger partial charge in [-0.05, 0) is 60.1 Å². The molecule has 2 aliphatic rings. The molecule has 36 heavy (non-hydrogen) atoms. The normalized spacial score (nSPS) is 18.6. The zero-order valence-electron chi connectivity index (χ0n) is 20.8. The van der Waals surface area contributed by atoms with Crippen LogP contribution in [0, 0.1) is 5.41 Å². The van der Waals surface area contributed by atoms with Crippen LogP contribution in [0.1, 0.15) is 38.3 Å². The maximum Gasteiger partial charge on any atom is 0.330 e. The Morgan fingerprint density at radius 2 is 1.69 bits per heavy atom. The van der Waals surface area contributed by atoms with Crippen LogP contribution < -0.4 is 15.0 Å². The Bertz CT molecular complexity index is 1320. The van der Waals surface area contributed by atoms with Crippen molar-refractivity contribution < 1.29 is 14.3 Å². The van der Waals surface area contributed by atoms with E-state index in [4.69, 9.17) is 4.74 Å². The van der Waals surface area contributed by atoms with E-state index in [1.807, 2.05) is 53.6 Å². The molecule has 0 unspecified atom stereocenters. The van der Waals surface area contributed by atoms with Crippen LogP contribution in [0.5, 0.6) is 5.75 Å². The van der Waals surface area contributed by atoms with E-state index in [9.17, 15) is 9.59 Å². The van der Waals surface area contributed by atoms with Crippen LogP contribution in [0.25, 0.3) is 0 Å². The number of Topliss-reactive ketones (excluding diaryl/α,β-unsaturated/α-hetero) is 1. The lowest BCUT2D eigenvalue weighted by Crippen LogP contribution is -2.39. The van der Waals surface area contributed by atoms with E-state index in [0.29, 0.717) is 12.2 Å². The molecule has 0 aromatic heterocycles. The summed E-state index contributed by atoms with van der Waals surface area (Å²) < 4.78 is 5.68. The number of carbonyl (C=O) groups is 2. The highest BCUT2D eigenvalue weighted by atomic mass is 32.2. The summed E-state index contributed by atoms with van der Waals surface area (Å²) >= 11 is 1.67. The van der Waals surface area contributed by atoms with Gasteiger partial charge in [-0.1, -0.05) is 56.3 Å². The number of nitrogens with one attached hydrogen (secondary N) is 1. The van der Waals surface area contributed by atoms with Gasteiger partial charge >= 0.3 is 5.97 Å². The molecule has 0 spiro atoms. The summed E-state index contributed by atoms with van der Waals surface area (Å²) in [6.07, 6.45) is 3.26. The number of hydrogen-bond donors (Lipinski definition) is 1. The van der Waals surface area contributed by atoms with Gasteiger partial charge in [0.15, 0.2) is 5.78 Å². The predicted molar refractivity (Wildman–Crippen MR) is 145 cm³/mol. The number of hydrogen-bond acceptors (Lipinski definition) is 6. The Kier molecular flexibility index (Phi) is 6.63. The van der Waals surface area contributed by atoms with Crippen molar-refractivity contribution in [1.29, 1.82) is 0 Å². The Labute approximate surface area is 216 Å². The third-order valence-corrected chi connectivity index (χ3v) is 7.45. The van der Waals surface area contributed by atoms with E-state index in [2.05, 4.69) is 43.4 Å². The molecule has 0 saturated carbocycles. The van der Waals surface area contributed by atoms with Gasteiger partial charge in [-0.15, -0.1) is 11.8 Å². The van der Waals surface area contributed by atoms with Crippen molar-refractivity contribution in [3.05, 3.63) is 95.7 Å². The van der Waals surface area contributed by atoms with Crippen LogP contribution in [-0.4, -0.2) is 24.6 Å². The first-order valence-electron chi connectivity index (χ1n) is 12.1. The maximum atomic E-state index is 13.7. The number of ketones is 1. The number of fused-ring (bicyclic) bond motifs is 1. The van der Waals surface area contributed by atoms with E-state index in [1.54, 1.807) is 23.9 Å². The number of benzene rings is 3. The molecular weight excluding hydrogens is 468 g/mol. The minimum absolute atomic E-state index is 0.00398.